The summed E-state index contributed by atoms with van der Waals surface area (Å²) in [6.07, 6.45) is 2.20. The molecule has 1 aliphatic rings. The van der Waals surface area contributed by atoms with Crippen molar-refractivity contribution < 1.29 is 13.9 Å². The molecule has 0 bridgehead atoms. The summed E-state index contributed by atoms with van der Waals surface area (Å²) in [4.78, 5) is 15.5. The molecule has 1 aliphatic carbocycles. The highest BCUT2D eigenvalue weighted by molar-refractivity contribution is 5.74. The van der Waals surface area contributed by atoms with Crippen LogP contribution in [0.15, 0.2) is 6.20 Å². The van der Waals surface area contributed by atoms with Gasteiger partial charge in [-0.25, -0.2) is 4.39 Å². The van der Waals surface area contributed by atoms with Crippen LogP contribution >= 0.6 is 0 Å². The lowest BCUT2D eigenvalue weighted by Gasteiger charge is -2.07. The number of esters is 1. The average molecular weight is 223 g/mol. The van der Waals surface area contributed by atoms with Crippen molar-refractivity contribution >= 4 is 5.97 Å². The summed E-state index contributed by atoms with van der Waals surface area (Å²) in [7, 11) is 0. The first-order chi connectivity index (χ1) is 7.63. The lowest BCUT2D eigenvalue weighted by atomic mass is 10.1. The van der Waals surface area contributed by atoms with Crippen molar-refractivity contribution in [2.75, 3.05) is 6.61 Å². The molecule has 0 aliphatic heterocycles. The van der Waals surface area contributed by atoms with E-state index in [9.17, 15) is 9.18 Å². The normalized spacial score (nSPS) is 18.3. The minimum atomic E-state index is -0.313. The molecule has 0 N–H and O–H groups in total. The van der Waals surface area contributed by atoms with E-state index in [0.717, 1.165) is 11.3 Å². The number of halogens is 1. The highest BCUT2D eigenvalue weighted by Crippen LogP contribution is 2.30. The number of hydrogen-bond acceptors (Lipinski definition) is 3. The number of pyridine rings is 1. The van der Waals surface area contributed by atoms with Crippen LogP contribution in [0.5, 0.6) is 0 Å². The van der Waals surface area contributed by atoms with Gasteiger partial charge in [0.05, 0.1) is 18.7 Å². The SMILES string of the molecule is CCOC(=O)C1Cc2c(F)cnc(C)c2C1. The standard InChI is InChI=1S/C12H14FNO2/c1-3-16-12(15)8-4-9-7(2)14-6-11(13)10(9)5-8/h6,8H,3-5H2,1-2H3. The van der Waals surface area contributed by atoms with Crippen LogP contribution < -0.4 is 0 Å². The number of nitrogens with zero attached hydrogens (tertiary/aromatic N) is 1. The molecule has 3 nitrogen and oxygen atoms in total. The summed E-state index contributed by atoms with van der Waals surface area (Å²) < 4.78 is 18.4. The second-order valence-electron chi connectivity index (χ2n) is 4.01. The second-order valence-corrected chi connectivity index (χ2v) is 4.01. The number of aromatic nitrogens is 1. The Balaban J connectivity index is 2.24. The smallest absolute Gasteiger partial charge is 0.309 e. The van der Waals surface area contributed by atoms with Crippen molar-refractivity contribution in [1.29, 1.82) is 0 Å². The predicted molar refractivity (Wildman–Crippen MR) is 56.5 cm³/mol. The fraction of sp³-hybridized carbons (Fsp3) is 0.500. The molecule has 16 heavy (non-hydrogen) atoms. The van der Waals surface area contributed by atoms with Crippen molar-refractivity contribution in [2.24, 2.45) is 5.92 Å². The monoisotopic (exact) mass is 223 g/mol. The van der Waals surface area contributed by atoms with Crippen molar-refractivity contribution in [3.8, 4) is 0 Å². The third kappa shape index (κ3) is 1.79. The first kappa shape index (κ1) is 11.0. The maximum atomic E-state index is 13.5. The van der Waals surface area contributed by atoms with Crippen LogP contribution in [0, 0.1) is 18.7 Å². The molecule has 0 amide bonds. The van der Waals surface area contributed by atoms with Gasteiger partial charge in [0, 0.05) is 5.69 Å². The van der Waals surface area contributed by atoms with Gasteiger partial charge in [-0.1, -0.05) is 0 Å². The molecular weight excluding hydrogens is 209 g/mol. The number of hydrogen-bond donors (Lipinski definition) is 0. The largest absolute Gasteiger partial charge is 0.466 e. The molecular formula is C12H14FNO2. The summed E-state index contributed by atoms with van der Waals surface area (Å²) in [6, 6.07) is 0. The third-order valence-electron chi connectivity index (χ3n) is 2.98. The number of carbonyl (C=O) groups is 1. The quantitative estimate of drug-likeness (QED) is 0.718. The molecule has 1 heterocycles. The fourth-order valence-corrected chi connectivity index (χ4v) is 2.16. The first-order valence-corrected chi connectivity index (χ1v) is 5.43. The molecule has 0 saturated heterocycles. The van der Waals surface area contributed by atoms with Crippen LogP contribution in [0.25, 0.3) is 0 Å². The van der Waals surface area contributed by atoms with Crippen LogP contribution in [0.3, 0.4) is 0 Å². The Bertz CT molecular complexity index is 400. The average Bonchev–Trinajstić information content (AvgIpc) is 2.70. The van der Waals surface area contributed by atoms with Crippen LogP contribution in [-0.2, 0) is 22.4 Å². The van der Waals surface area contributed by atoms with Crippen LogP contribution in [0.4, 0.5) is 4.39 Å². The summed E-state index contributed by atoms with van der Waals surface area (Å²) in [5, 5.41) is 0. The van der Waals surface area contributed by atoms with Crippen LogP contribution in [0.2, 0.25) is 0 Å². The fourth-order valence-electron chi connectivity index (χ4n) is 2.16. The van der Waals surface area contributed by atoms with Crippen LogP contribution in [-0.4, -0.2) is 17.6 Å². The van der Waals surface area contributed by atoms with Gasteiger partial charge in [0.2, 0.25) is 0 Å². The molecule has 1 unspecified atom stereocenters. The van der Waals surface area contributed by atoms with E-state index in [2.05, 4.69) is 4.98 Å². The van der Waals surface area contributed by atoms with E-state index in [1.807, 2.05) is 6.92 Å². The summed E-state index contributed by atoms with van der Waals surface area (Å²) >= 11 is 0. The van der Waals surface area contributed by atoms with Crippen molar-refractivity contribution in [3.05, 3.63) is 28.8 Å². The molecule has 0 fully saturated rings. The molecule has 0 aromatic carbocycles. The Morgan fingerprint density at radius 1 is 1.56 bits per heavy atom. The van der Waals surface area contributed by atoms with E-state index in [1.54, 1.807) is 6.92 Å². The van der Waals surface area contributed by atoms with Crippen molar-refractivity contribution in [1.82, 2.24) is 4.98 Å². The van der Waals surface area contributed by atoms with Gasteiger partial charge in [-0.15, -0.1) is 0 Å². The number of ether oxygens (including phenoxy) is 1. The molecule has 1 atom stereocenters. The minimum Gasteiger partial charge on any atom is -0.466 e. The Morgan fingerprint density at radius 3 is 2.88 bits per heavy atom. The maximum Gasteiger partial charge on any atom is 0.309 e. The van der Waals surface area contributed by atoms with Gasteiger partial charge >= 0.3 is 5.97 Å². The summed E-state index contributed by atoms with van der Waals surface area (Å²) in [5.41, 5.74) is 2.31. The van der Waals surface area contributed by atoms with Crippen molar-refractivity contribution in [2.45, 2.75) is 26.7 Å². The van der Waals surface area contributed by atoms with Gasteiger partial charge in [-0.2, -0.15) is 0 Å². The molecule has 1 aromatic heterocycles. The predicted octanol–water partition coefficient (Wildman–Crippen LogP) is 1.81. The Hall–Kier alpha value is -1.45. The Kier molecular flexibility index (Phi) is 2.90. The lowest BCUT2D eigenvalue weighted by Crippen LogP contribution is -2.17. The zero-order chi connectivity index (χ0) is 11.7. The highest BCUT2D eigenvalue weighted by Gasteiger charge is 2.31. The number of rotatable bonds is 2. The lowest BCUT2D eigenvalue weighted by molar-refractivity contribution is -0.147. The summed E-state index contributed by atoms with van der Waals surface area (Å²) in [6.45, 7) is 3.98. The Morgan fingerprint density at radius 2 is 2.25 bits per heavy atom. The van der Waals surface area contributed by atoms with E-state index in [0.29, 0.717) is 25.0 Å². The number of aryl methyl sites for hydroxylation is 1. The van der Waals surface area contributed by atoms with Gasteiger partial charge in [-0.3, -0.25) is 9.78 Å². The van der Waals surface area contributed by atoms with Gasteiger partial charge in [0.15, 0.2) is 0 Å². The van der Waals surface area contributed by atoms with E-state index < -0.39 is 0 Å². The minimum absolute atomic E-state index is 0.238. The molecule has 86 valence electrons. The van der Waals surface area contributed by atoms with E-state index in [4.69, 9.17) is 4.74 Å². The van der Waals surface area contributed by atoms with Crippen LogP contribution in [0.1, 0.15) is 23.7 Å². The van der Waals surface area contributed by atoms with Gasteiger partial charge in [0.1, 0.15) is 5.82 Å². The Labute approximate surface area is 93.6 Å². The summed E-state index contributed by atoms with van der Waals surface area (Å²) in [5.74, 6) is -0.794. The molecule has 2 rings (SSSR count). The maximum absolute atomic E-state index is 13.5. The molecule has 0 saturated carbocycles. The molecule has 1 aromatic rings. The van der Waals surface area contributed by atoms with Gasteiger partial charge < -0.3 is 4.74 Å². The first-order valence-electron chi connectivity index (χ1n) is 5.43. The van der Waals surface area contributed by atoms with Gasteiger partial charge in [0.25, 0.3) is 0 Å². The molecule has 0 radical (unpaired) electrons. The van der Waals surface area contributed by atoms with Crippen molar-refractivity contribution in [3.63, 3.8) is 0 Å². The van der Waals surface area contributed by atoms with E-state index in [1.165, 1.54) is 6.20 Å². The van der Waals surface area contributed by atoms with Gasteiger partial charge in [-0.05, 0) is 37.8 Å². The second kappa shape index (κ2) is 4.20. The number of carbonyl (C=O) groups excluding carboxylic acids is 1. The zero-order valence-corrected chi connectivity index (χ0v) is 9.42. The molecule has 0 spiro atoms. The van der Waals surface area contributed by atoms with E-state index in [-0.39, 0.29) is 17.7 Å². The highest BCUT2D eigenvalue weighted by atomic mass is 19.1. The zero-order valence-electron chi connectivity index (χ0n) is 9.42. The van der Waals surface area contributed by atoms with E-state index >= 15 is 0 Å². The third-order valence-corrected chi connectivity index (χ3v) is 2.98. The number of fused-ring (bicyclic) bond motifs is 1. The molecule has 4 heteroatoms. The topological polar surface area (TPSA) is 39.2 Å².